The van der Waals surface area contributed by atoms with E-state index in [9.17, 15) is 24.9 Å². The molecule has 41 heavy (non-hydrogen) atoms. The van der Waals surface area contributed by atoms with E-state index in [1.54, 1.807) is 0 Å². The van der Waals surface area contributed by atoms with Gasteiger partial charge in [-0.15, -0.1) is 0 Å². The second-order valence-corrected chi connectivity index (χ2v) is 14.5. The Morgan fingerprint density at radius 1 is 1.00 bits per heavy atom. The average molecular weight is 579 g/mol. The predicted octanol–water partition coefficient (Wildman–Crippen LogP) is 1.90. The number of carboxylic acids is 1. The third-order valence-electron chi connectivity index (χ3n) is 13.1. The lowest BCUT2D eigenvalue weighted by atomic mass is 9.41. The first-order chi connectivity index (χ1) is 19.6. The summed E-state index contributed by atoms with van der Waals surface area (Å²) in [5.41, 5.74) is -5.14. The zero-order chi connectivity index (χ0) is 28.4. The Kier molecular flexibility index (Phi) is 5.88. The fraction of sp³-hybridized carbons (Fsp3) is 0.933. The van der Waals surface area contributed by atoms with E-state index in [0.717, 1.165) is 12.8 Å². The van der Waals surface area contributed by atoms with Gasteiger partial charge in [-0.2, -0.15) is 0 Å². The number of esters is 1. The molecule has 0 aromatic rings. The molecule has 4 saturated heterocycles. The van der Waals surface area contributed by atoms with Gasteiger partial charge in [-0.1, -0.05) is 0 Å². The number of aliphatic hydroxyl groups is 2. The normalized spacial score (nSPS) is 57.4. The maximum absolute atomic E-state index is 13.3. The molecule has 8 aliphatic rings. The Labute approximate surface area is 239 Å². The number of carboxylic acid groups (broad SMARTS) is 1. The van der Waals surface area contributed by atoms with E-state index in [1.165, 1.54) is 0 Å². The number of carbonyl (C=O) groups is 2. The van der Waals surface area contributed by atoms with Crippen molar-refractivity contribution in [2.75, 3.05) is 20.0 Å². The number of hydrogen-bond donors (Lipinski definition) is 3. The molecule has 13 unspecified atom stereocenters. The third-order valence-corrected chi connectivity index (χ3v) is 13.1. The van der Waals surface area contributed by atoms with Crippen LogP contribution in [0, 0.1) is 28.6 Å². The maximum Gasteiger partial charge on any atom is 0.312 e. The lowest BCUT2D eigenvalue weighted by molar-refractivity contribution is -0.292. The lowest BCUT2D eigenvalue weighted by Crippen LogP contribution is -2.71. The molecular weight excluding hydrogens is 536 g/mol. The van der Waals surface area contributed by atoms with E-state index in [2.05, 4.69) is 0 Å². The van der Waals surface area contributed by atoms with Gasteiger partial charge < -0.3 is 43.7 Å². The van der Waals surface area contributed by atoms with Crippen LogP contribution in [0.1, 0.15) is 77.6 Å². The van der Waals surface area contributed by atoms with Crippen LogP contribution in [-0.2, 0) is 38.0 Å². The van der Waals surface area contributed by atoms with E-state index in [4.69, 9.17) is 28.4 Å². The van der Waals surface area contributed by atoms with Crippen molar-refractivity contribution in [3.05, 3.63) is 0 Å². The molecule has 8 fully saturated rings. The van der Waals surface area contributed by atoms with Crippen LogP contribution in [0.5, 0.6) is 0 Å². The molecule has 0 amide bonds. The predicted molar refractivity (Wildman–Crippen MR) is 137 cm³/mol. The molecule has 0 radical (unpaired) electrons. The Morgan fingerprint density at radius 2 is 1.83 bits per heavy atom. The molecule has 4 aliphatic carbocycles. The van der Waals surface area contributed by atoms with E-state index >= 15 is 0 Å². The SMILES string of the molecule is CC1CC2OCOC2C(OC2CCC3(C(=O)O)C4CCC56COC7(COC(=O)C7)C5CCC6(O)C4CCC3(O)C2)O1. The van der Waals surface area contributed by atoms with Gasteiger partial charge in [0.1, 0.15) is 25.1 Å². The Hall–Kier alpha value is -1.34. The van der Waals surface area contributed by atoms with E-state index in [1.807, 2.05) is 6.92 Å². The first-order valence-electron chi connectivity index (χ1n) is 15.6. The second kappa shape index (κ2) is 8.86. The molecule has 0 bridgehead atoms. The highest BCUT2D eigenvalue weighted by Gasteiger charge is 2.78. The Bertz CT molecular complexity index is 1130. The van der Waals surface area contributed by atoms with Crippen molar-refractivity contribution in [2.24, 2.45) is 28.6 Å². The molecule has 8 rings (SSSR count). The van der Waals surface area contributed by atoms with Crippen molar-refractivity contribution >= 4 is 11.9 Å². The van der Waals surface area contributed by atoms with Gasteiger partial charge in [0.05, 0.1) is 48.0 Å². The van der Waals surface area contributed by atoms with Crippen molar-refractivity contribution in [2.45, 2.75) is 125 Å². The molecule has 0 aromatic carbocycles. The molecule has 4 saturated carbocycles. The molecule has 4 aliphatic heterocycles. The number of cyclic esters (lactones) is 1. The van der Waals surface area contributed by atoms with Gasteiger partial charge >= 0.3 is 11.9 Å². The molecule has 228 valence electrons. The summed E-state index contributed by atoms with van der Waals surface area (Å²) in [6.45, 7) is 2.76. The minimum Gasteiger partial charge on any atom is -0.481 e. The van der Waals surface area contributed by atoms with Crippen molar-refractivity contribution in [1.82, 2.24) is 0 Å². The first-order valence-corrected chi connectivity index (χ1v) is 15.6. The quantitative estimate of drug-likeness (QED) is 0.333. The van der Waals surface area contributed by atoms with Gasteiger partial charge in [0, 0.05) is 24.2 Å². The summed E-state index contributed by atoms with van der Waals surface area (Å²) < 4.78 is 35.6. The molecule has 4 heterocycles. The number of carbonyl (C=O) groups excluding carboxylic acids is 1. The van der Waals surface area contributed by atoms with Crippen LogP contribution >= 0.6 is 0 Å². The number of aliphatic carboxylic acids is 1. The summed E-state index contributed by atoms with van der Waals surface area (Å²) in [5, 5.41) is 35.7. The molecule has 0 aromatic heterocycles. The van der Waals surface area contributed by atoms with Crippen LogP contribution in [-0.4, -0.2) is 94.8 Å². The largest absolute Gasteiger partial charge is 0.481 e. The van der Waals surface area contributed by atoms with Gasteiger partial charge in [-0.25, -0.2) is 0 Å². The summed E-state index contributed by atoms with van der Waals surface area (Å²) in [7, 11) is 0. The van der Waals surface area contributed by atoms with Crippen molar-refractivity contribution < 1.29 is 53.3 Å². The van der Waals surface area contributed by atoms with Crippen molar-refractivity contribution in [3.8, 4) is 0 Å². The average Bonchev–Trinajstić information content (AvgIpc) is 3.68. The van der Waals surface area contributed by atoms with Crippen molar-refractivity contribution in [1.29, 1.82) is 0 Å². The number of ether oxygens (including phenoxy) is 6. The molecule has 13 atom stereocenters. The van der Waals surface area contributed by atoms with Gasteiger partial charge in [0.25, 0.3) is 0 Å². The fourth-order valence-electron chi connectivity index (χ4n) is 11.4. The van der Waals surface area contributed by atoms with Crippen LogP contribution in [0.2, 0.25) is 0 Å². The van der Waals surface area contributed by atoms with Gasteiger partial charge in [0.2, 0.25) is 0 Å². The maximum atomic E-state index is 13.3. The smallest absolute Gasteiger partial charge is 0.312 e. The topological polar surface area (TPSA) is 150 Å². The molecular formula is C30H42O11. The fourth-order valence-corrected chi connectivity index (χ4v) is 11.4. The zero-order valence-electron chi connectivity index (χ0n) is 23.6. The Balaban J connectivity index is 1.06. The number of hydrogen-bond acceptors (Lipinski definition) is 10. The molecule has 2 spiro atoms. The highest BCUT2D eigenvalue weighted by molar-refractivity contribution is 5.78. The van der Waals surface area contributed by atoms with Crippen molar-refractivity contribution in [3.63, 3.8) is 0 Å². The minimum atomic E-state index is -1.46. The Morgan fingerprint density at radius 3 is 2.61 bits per heavy atom. The van der Waals surface area contributed by atoms with Gasteiger partial charge in [-0.05, 0) is 70.1 Å². The van der Waals surface area contributed by atoms with E-state index in [-0.39, 0.29) is 87.2 Å². The lowest BCUT2D eigenvalue weighted by Gasteiger charge is -2.65. The summed E-state index contributed by atoms with van der Waals surface area (Å²) in [5.74, 6) is -1.87. The molecule has 11 nitrogen and oxygen atoms in total. The number of rotatable bonds is 3. The monoisotopic (exact) mass is 578 g/mol. The van der Waals surface area contributed by atoms with Crippen LogP contribution in [0.4, 0.5) is 0 Å². The highest BCUT2D eigenvalue weighted by atomic mass is 16.8. The third kappa shape index (κ3) is 3.40. The van der Waals surface area contributed by atoms with Crippen LogP contribution < -0.4 is 0 Å². The summed E-state index contributed by atoms with van der Waals surface area (Å²) in [6.07, 6.45) is 3.72. The van der Waals surface area contributed by atoms with Gasteiger partial charge in [-0.3, -0.25) is 9.59 Å². The standard InChI is InChI=1S/C30H42O11/c1-16-10-20-23(38-15-37-20)24(40-16)41-17-2-8-29(25(32)33)18-3-6-26-13-39-27(12-22(31)36-14-27)21(26)5-9-30(26,35)19(18)4-7-28(29,34)11-17/h16-21,23-24,34-35H,2-15H2,1H3,(H,32,33). The van der Waals surface area contributed by atoms with Gasteiger partial charge in [0.15, 0.2) is 6.29 Å². The van der Waals surface area contributed by atoms with Crippen LogP contribution in [0.15, 0.2) is 0 Å². The zero-order valence-corrected chi connectivity index (χ0v) is 23.6. The minimum absolute atomic E-state index is 0.00150. The first kappa shape index (κ1) is 27.2. The summed E-state index contributed by atoms with van der Waals surface area (Å²) >= 11 is 0. The second-order valence-electron chi connectivity index (χ2n) is 14.5. The summed E-state index contributed by atoms with van der Waals surface area (Å²) in [4.78, 5) is 25.4. The summed E-state index contributed by atoms with van der Waals surface area (Å²) in [6, 6.07) is 0. The van der Waals surface area contributed by atoms with Crippen LogP contribution in [0.25, 0.3) is 0 Å². The van der Waals surface area contributed by atoms with E-state index < -0.39 is 39.9 Å². The number of fused-ring (bicyclic) bond motifs is 6. The van der Waals surface area contributed by atoms with E-state index in [0.29, 0.717) is 38.7 Å². The molecule has 11 heteroatoms. The van der Waals surface area contributed by atoms with Crippen LogP contribution in [0.3, 0.4) is 0 Å². The molecule has 3 N–H and O–H groups in total. The highest BCUT2D eigenvalue weighted by Crippen LogP contribution is 2.73.